The van der Waals surface area contributed by atoms with Crippen molar-refractivity contribution in [2.75, 3.05) is 13.6 Å². The second-order valence-corrected chi connectivity index (χ2v) is 5.97. The normalized spacial score (nSPS) is 12.3. The molecule has 23 heavy (non-hydrogen) atoms. The summed E-state index contributed by atoms with van der Waals surface area (Å²) in [5, 5.41) is 10.5. The molecule has 2 rings (SSSR count). The standard InChI is InChI=1S/C16H23FN6/c1-16(2,12-6-5-7-13(17)8-12)10-20-15(18-3)19-9-14-21-11-22-23(14)4/h5-8,11H,9-10H2,1-4H3,(H2,18,19,20). The first-order valence-electron chi connectivity index (χ1n) is 7.46. The van der Waals surface area contributed by atoms with Crippen molar-refractivity contribution >= 4 is 5.96 Å². The fourth-order valence-corrected chi connectivity index (χ4v) is 2.18. The Hall–Kier alpha value is -2.44. The molecule has 0 aliphatic rings. The summed E-state index contributed by atoms with van der Waals surface area (Å²) in [5.74, 6) is 1.26. The summed E-state index contributed by atoms with van der Waals surface area (Å²) in [6.45, 7) is 5.26. The molecule has 0 aliphatic carbocycles. The van der Waals surface area contributed by atoms with Gasteiger partial charge in [0.25, 0.3) is 0 Å². The van der Waals surface area contributed by atoms with Crippen molar-refractivity contribution in [2.24, 2.45) is 12.0 Å². The number of hydrogen-bond donors (Lipinski definition) is 2. The van der Waals surface area contributed by atoms with Crippen molar-refractivity contribution in [1.29, 1.82) is 0 Å². The van der Waals surface area contributed by atoms with E-state index >= 15 is 0 Å². The lowest BCUT2D eigenvalue weighted by Gasteiger charge is -2.26. The van der Waals surface area contributed by atoms with Crippen LogP contribution in [0.25, 0.3) is 0 Å². The predicted octanol–water partition coefficient (Wildman–Crippen LogP) is 1.60. The summed E-state index contributed by atoms with van der Waals surface area (Å²) in [7, 11) is 3.55. The van der Waals surface area contributed by atoms with Crippen molar-refractivity contribution < 1.29 is 4.39 Å². The molecule has 2 aromatic rings. The van der Waals surface area contributed by atoms with Crippen molar-refractivity contribution in [1.82, 2.24) is 25.4 Å². The molecule has 1 aromatic carbocycles. The molecule has 7 heteroatoms. The van der Waals surface area contributed by atoms with E-state index in [0.29, 0.717) is 19.0 Å². The largest absolute Gasteiger partial charge is 0.356 e. The van der Waals surface area contributed by atoms with Gasteiger partial charge in [-0.2, -0.15) is 5.10 Å². The van der Waals surface area contributed by atoms with Gasteiger partial charge in [-0.05, 0) is 17.7 Å². The van der Waals surface area contributed by atoms with Crippen LogP contribution in [0.4, 0.5) is 4.39 Å². The van der Waals surface area contributed by atoms with Crippen molar-refractivity contribution in [3.05, 3.63) is 47.8 Å². The summed E-state index contributed by atoms with van der Waals surface area (Å²) in [4.78, 5) is 8.35. The number of rotatable bonds is 5. The molecule has 0 amide bonds. The SMILES string of the molecule is CN=C(NCc1ncnn1C)NCC(C)(C)c1cccc(F)c1. The van der Waals surface area contributed by atoms with Crippen LogP contribution in [-0.2, 0) is 19.0 Å². The molecular weight excluding hydrogens is 295 g/mol. The lowest BCUT2D eigenvalue weighted by molar-refractivity contribution is 0.502. The zero-order valence-corrected chi connectivity index (χ0v) is 14.0. The molecule has 0 bridgehead atoms. The minimum atomic E-state index is -0.232. The van der Waals surface area contributed by atoms with Gasteiger partial charge in [0.15, 0.2) is 5.96 Å². The van der Waals surface area contributed by atoms with Gasteiger partial charge in [-0.25, -0.2) is 9.37 Å². The minimum absolute atomic E-state index is 0.222. The lowest BCUT2D eigenvalue weighted by Crippen LogP contribution is -2.43. The number of aryl methyl sites for hydroxylation is 1. The molecule has 0 unspecified atom stereocenters. The van der Waals surface area contributed by atoms with E-state index in [-0.39, 0.29) is 11.2 Å². The Bertz CT molecular complexity index is 677. The summed E-state index contributed by atoms with van der Waals surface area (Å²) in [6.07, 6.45) is 1.51. The highest BCUT2D eigenvalue weighted by molar-refractivity contribution is 5.79. The number of aliphatic imine (C=N–C) groups is 1. The van der Waals surface area contributed by atoms with Crippen LogP contribution in [-0.4, -0.2) is 34.3 Å². The molecule has 1 heterocycles. The second-order valence-electron chi connectivity index (χ2n) is 5.97. The first kappa shape index (κ1) is 16.9. The van der Waals surface area contributed by atoms with Crippen LogP contribution < -0.4 is 10.6 Å². The van der Waals surface area contributed by atoms with E-state index in [1.54, 1.807) is 23.9 Å². The average Bonchev–Trinajstić information content (AvgIpc) is 2.93. The molecule has 0 fully saturated rings. The summed E-state index contributed by atoms with van der Waals surface area (Å²) < 4.78 is 15.1. The Morgan fingerprint density at radius 2 is 2.13 bits per heavy atom. The van der Waals surface area contributed by atoms with Crippen LogP contribution in [0.2, 0.25) is 0 Å². The van der Waals surface area contributed by atoms with Gasteiger partial charge in [0.1, 0.15) is 18.0 Å². The van der Waals surface area contributed by atoms with Crippen LogP contribution in [0.3, 0.4) is 0 Å². The lowest BCUT2D eigenvalue weighted by atomic mass is 9.84. The Morgan fingerprint density at radius 3 is 2.74 bits per heavy atom. The molecule has 6 nitrogen and oxygen atoms in total. The van der Waals surface area contributed by atoms with Crippen molar-refractivity contribution in [3.8, 4) is 0 Å². The maximum Gasteiger partial charge on any atom is 0.191 e. The molecule has 124 valence electrons. The minimum Gasteiger partial charge on any atom is -0.356 e. The van der Waals surface area contributed by atoms with Crippen LogP contribution in [0, 0.1) is 5.82 Å². The molecule has 0 spiro atoms. The molecule has 1 aromatic heterocycles. The Labute approximate surface area is 135 Å². The van der Waals surface area contributed by atoms with E-state index in [1.807, 2.05) is 13.1 Å². The number of nitrogens with zero attached hydrogens (tertiary/aromatic N) is 4. The zero-order chi connectivity index (χ0) is 16.9. The first-order valence-corrected chi connectivity index (χ1v) is 7.46. The van der Waals surface area contributed by atoms with Crippen LogP contribution >= 0.6 is 0 Å². The first-order chi connectivity index (χ1) is 10.9. The van der Waals surface area contributed by atoms with Gasteiger partial charge in [0, 0.05) is 26.1 Å². The second kappa shape index (κ2) is 7.21. The van der Waals surface area contributed by atoms with Gasteiger partial charge in [0.05, 0.1) is 6.54 Å². The maximum atomic E-state index is 13.4. The van der Waals surface area contributed by atoms with Gasteiger partial charge in [0.2, 0.25) is 0 Å². The number of aromatic nitrogens is 3. The van der Waals surface area contributed by atoms with E-state index in [9.17, 15) is 4.39 Å². The molecule has 0 saturated heterocycles. The van der Waals surface area contributed by atoms with Gasteiger partial charge in [-0.3, -0.25) is 9.67 Å². The quantitative estimate of drug-likeness (QED) is 0.649. The van der Waals surface area contributed by atoms with Crippen molar-refractivity contribution in [3.63, 3.8) is 0 Å². The number of nitrogens with one attached hydrogen (secondary N) is 2. The molecule has 2 N–H and O–H groups in total. The van der Waals surface area contributed by atoms with E-state index in [1.165, 1.54) is 12.4 Å². The maximum absolute atomic E-state index is 13.4. The topological polar surface area (TPSA) is 67.1 Å². The van der Waals surface area contributed by atoms with Gasteiger partial charge < -0.3 is 10.6 Å². The van der Waals surface area contributed by atoms with Gasteiger partial charge in [-0.1, -0.05) is 26.0 Å². The number of halogens is 1. The molecule has 0 radical (unpaired) electrons. The summed E-state index contributed by atoms with van der Waals surface area (Å²) in [5.41, 5.74) is 0.707. The van der Waals surface area contributed by atoms with Gasteiger partial charge >= 0.3 is 0 Å². The van der Waals surface area contributed by atoms with E-state index in [0.717, 1.165) is 11.4 Å². The van der Waals surface area contributed by atoms with Crippen LogP contribution in [0.15, 0.2) is 35.6 Å². The molecule has 0 saturated carbocycles. The van der Waals surface area contributed by atoms with Crippen molar-refractivity contribution in [2.45, 2.75) is 25.8 Å². The Balaban J connectivity index is 1.93. The Kier molecular flexibility index (Phi) is 5.31. The highest BCUT2D eigenvalue weighted by atomic mass is 19.1. The smallest absolute Gasteiger partial charge is 0.191 e. The van der Waals surface area contributed by atoms with Crippen LogP contribution in [0.1, 0.15) is 25.2 Å². The summed E-state index contributed by atoms with van der Waals surface area (Å²) in [6, 6.07) is 6.68. The monoisotopic (exact) mass is 318 g/mol. The fourth-order valence-electron chi connectivity index (χ4n) is 2.18. The third-order valence-corrected chi connectivity index (χ3v) is 3.75. The zero-order valence-electron chi connectivity index (χ0n) is 14.0. The predicted molar refractivity (Wildman–Crippen MR) is 88.6 cm³/mol. The third-order valence-electron chi connectivity index (χ3n) is 3.75. The van der Waals surface area contributed by atoms with E-state index in [2.05, 4.69) is 39.6 Å². The third kappa shape index (κ3) is 4.51. The number of benzene rings is 1. The van der Waals surface area contributed by atoms with E-state index < -0.39 is 0 Å². The van der Waals surface area contributed by atoms with E-state index in [4.69, 9.17) is 0 Å². The number of guanidine groups is 1. The highest BCUT2D eigenvalue weighted by Crippen LogP contribution is 2.22. The van der Waals surface area contributed by atoms with Gasteiger partial charge in [-0.15, -0.1) is 0 Å². The molecular formula is C16H23FN6. The highest BCUT2D eigenvalue weighted by Gasteiger charge is 2.21. The summed E-state index contributed by atoms with van der Waals surface area (Å²) >= 11 is 0. The Morgan fingerprint density at radius 1 is 1.35 bits per heavy atom. The number of hydrogen-bond acceptors (Lipinski definition) is 3. The fraction of sp³-hybridized carbons (Fsp3) is 0.438. The molecule has 0 aliphatic heterocycles. The molecule has 0 atom stereocenters. The average molecular weight is 318 g/mol. The van der Waals surface area contributed by atoms with Crippen LogP contribution in [0.5, 0.6) is 0 Å².